The van der Waals surface area contributed by atoms with Crippen LogP contribution in [0.15, 0.2) is 33.9 Å². The molecule has 0 saturated heterocycles. The number of hydrogen-bond acceptors (Lipinski definition) is 5. The van der Waals surface area contributed by atoms with Crippen molar-refractivity contribution in [1.29, 1.82) is 0 Å². The van der Waals surface area contributed by atoms with Gasteiger partial charge < -0.3 is 4.52 Å². The van der Waals surface area contributed by atoms with E-state index in [2.05, 4.69) is 14.9 Å². The molecule has 0 amide bonds. The van der Waals surface area contributed by atoms with Crippen molar-refractivity contribution in [3.63, 3.8) is 0 Å². The highest BCUT2D eigenvalue weighted by Crippen LogP contribution is 2.10. The van der Waals surface area contributed by atoms with E-state index < -0.39 is 20.9 Å². The number of halogens is 1. The molecule has 0 aliphatic carbocycles. The summed E-state index contributed by atoms with van der Waals surface area (Å²) in [5.41, 5.74) is 0.633. The molecule has 0 aromatic carbocycles. The highest BCUT2D eigenvalue weighted by Gasteiger charge is 2.20. The number of rotatable bonds is 4. The van der Waals surface area contributed by atoms with Gasteiger partial charge in [-0.2, -0.15) is 0 Å². The van der Waals surface area contributed by atoms with Gasteiger partial charge >= 0.3 is 0 Å². The van der Waals surface area contributed by atoms with Gasteiger partial charge in [-0.15, -0.1) is 0 Å². The highest BCUT2D eigenvalue weighted by atomic mass is 32.2. The molecule has 2 heterocycles. The van der Waals surface area contributed by atoms with Crippen molar-refractivity contribution in [3.8, 4) is 0 Å². The summed E-state index contributed by atoms with van der Waals surface area (Å²) >= 11 is 0. The summed E-state index contributed by atoms with van der Waals surface area (Å²) in [6, 6.07) is 3.92. The van der Waals surface area contributed by atoms with Gasteiger partial charge in [0.1, 0.15) is 0 Å². The minimum Gasteiger partial charge on any atom is -0.360 e. The third-order valence-corrected chi connectivity index (χ3v) is 3.43. The van der Waals surface area contributed by atoms with Gasteiger partial charge in [0.15, 0.2) is 11.6 Å². The van der Waals surface area contributed by atoms with E-state index in [0.717, 1.165) is 6.07 Å². The fourth-order valence-corrected chi connectivity index (χ4v) is 2.30. The molecule has 0 bridgehead atoms. The zero-order chi connectivity index (χ0) is 13.2. The predicted molar refractivity (Wildman–Crippen MR) is 59.5 cm³/mol. The van der Waals surface area contributed by atoms with Crippen LogP contribution in [-0.4, -0.2) is 18.6 Å². The van der Waals surface area contributed by atoms with Crippen molar-refractivity contribution in [2.75, 3.05) is 0 Å². The Morgan fingerprint density at radius 1 is 1.50 bits per heavy atom. The predicted octanol–water partition coefficient (Wildman–Crippen LogP) is 0.996. The van der Waals surface area contributed by atoms with Crippen LogP contribution in [0.2, 0.25) is 0 Å². The minimum absolute atomic E-state index is 0.112. The van der Waals surface area contributed by atoms with Crippen LogP contribution in [0.5, 0.6) is 0 Å². The molecular formula is C10H10FN3O3S. The molecule has 0 unspecified atom stereocenters. The Morgan fingerprint density at radius 2 is 2.28 bits per heavy atom. The van der Waals surface area contributed by atoms with Gasteiger partial charge in [-0.1, -0.05) is 5.16 Å². The van der Waals surface area contributed by atoms with Crippen LogP contribution in [0, 0.1) is 12.7 Å². The molecule has 2 aromatic rings. The molecule has 1 N–H and O–H groups in total. The number of aromatic nitrogens is 2. The molecular weight excluding hydrogens is 261 g/mol. The molecule has 2 rings (SSSR count). The first-order chi connectivity index (χ1) is 8.49. The Hall–Kier alpha value is -1.80. The van der Waals surface area contributed by atoms with E-state index in [0.29, 0.717) is 11.5 Å². The maximum absolute atomic E-state index is 13.3. The summed E-state index contributed by atoms with van der Waals surface area (Å²) in [4.78, 5) is 3.50. The quantitative estimate of drug-likeness (QED) is 0.896. The first-order valence-corrected chi connectivity index (χ1v) is 6.50. The second-order valence-corrected chi connectivity index (χ2v) is 5.23. The lowest BCUT2D eigenvalue weighted by Crippen LogP contribution is -2.25. The number of nitrogens with zero attached hydrogens (tertiary/aromatic N) is 2. The minimum atomic E-state index is -4.00. The van der Waals surface area contributed by atoms with E-state index in [1.165, 1.54) is 12.3 Å². The Kier molecular flexibility index (Phi) is 3.39. The molecule has 2 aromatic heterocycles. The molecule has 0 atom stereocenters. The summed E-state index contributed by atoms with van der Waals surface area (Å²) in [6.45, 7) is 1.60. The summed E-state index contributed by atoms with van der Waals surface area (Å²) in [5.74, 6) is -0.564. The average Bonchev–Trinajstić information content (AvgIpc) is 2.73. The van der Waals surface area contributed by atoms with Crippen LogP contribution in [0.4, 0.5) is 4.39 Å². The van der Waals surface area contributed by atoms with Crippen LogP contribution in [0.25, 0.3) is 0 Å². The number of aryl methyl sites for hydroxylation is 1. The molecule has 0 fully saturated rings. The number of hydrogen-bond donors (Lipinski definition) is 1. The highest BCUT2D eigenvalue weighted by molar-refractivity contribution is 7.89. The third kappa shape index (κ3) is 2.71. The van der Waals surface area contributed by atoms with Crippen molar-refractivity contribution in [2.45, 2.75) is 18.5 Å². The standard InChI is InChI=1S/C10H10FN3O3S/c1-7-5-8(17-14-7)6-13-18(15,16)10-9(11)3-2-4-12-10/h2-5,13H,6H2,1H3. The Labute approximate surface area is 103 Å². The van der Waals surface area contributed by atoms with Crippen molar-refractivity contribution >= 4 is 10.0 Å². The van der Waals surface area contributed by atoms with Gasteiger partial charge in [-0.05, 0) is 19.1 Å². The SMILES string of the molecule is Cc1cc(CNS(=O)(=O)c2ncccc2F)on1. The molecule has 0 aliphatic rings. The molecule has 0 spiro atoms. The van der Waals surface area contributed by atoms with Gasteiger partial charge in [0.25, 0.3) is 10.0 Å². The molecule has 8 heteroatoms. The van der Waals surface area contributed by atoms with Gasteiger partial charge in [0, 0.05) is 12.3 Å². The lowest BCUT2D eigenvalue weighted by atomic mass is 10.4. The average molecular weight is 271 g/mol. The van der Waals surface area contributed by atoms with Crippen LogP contribution >= 0.6 is 0 Å². The second-order valence-electron chi connectivity index (χ2n) is 3.55. The molecule has 0 saturated carbocycles. The molecule has 0 aliphatic heterocycles. The number of sulfonamides is 1. The van der Waals surface area contributed by atoms with Crippen molar-refractivity contribution in [1.82, 2.24) is 14.9 Å². The fraction of sp³-hybridized carbons (Fsp3) is 0.200. The van der Waals surface area contributed by atoms with Gasteiger partial charge in [0.2, 0.25) is 5.03 Å². The summed E-state index contributed by atoms with van der Waals surface area (Å²) in [7, 11) is -4.00. The van der Waals surface area contributed by atoms with E-state index in [-0.39, 0.29) is 6.54 Å². The van der Waals surface area contributed by atoms with Crippen molar-refractivity contribution < 1.29 is 17.3 Å². The third-order valence-electron chi connectivity index (χ3n) is 2.09. The van der Waals surface area contributed by atoms with Gasteiger partial charge in [0.05, 0.1) is 12.2 Å². The topological polar surface area (TPSA) is 85.1 Å². The molecule has 6 nitrogen and oxygen atoms in total. The van der Waals surface area contributed by atoms with Gasteiger partial charge in [-0.25, -0.2) is 22.5 Å². The van der Waals surface area contributed by atoms with Crippen LogP contribution in [-0.2, 0) is 16.6 Å². The van der Waals surface area contributed by atoms with Crippen molar-refractivity contribution in [2.24, 2.45) is 0 Å². The van der Waals surface area contributed by atoms with E-state index >= 15 is 0 Å². The first-order valence-electron chi connectivity index (χ1n) is 5.01. The maximum Gasteiger partial charge on any atom is 0.261 e. The van der Waals surface area contributed by atoms with E-state index in [1.54, 1.807) is 13.0 Å². The Morgan fingerprint density at radius 3 is 2.89 bits per heavy atom. The largest absolute Gasteiger partial charge is 0.360 e. The zero-order valence-corrected chi connectivity index (χ0v) is 10.2. The summed E-state index contributed by atoms with van der Waals surface area (Å²) in [5, 5.41) is 2.97. The molecule has 18 heavy (non-hydrogen) atoms. The lowest BCUT2D eigenvalue weighted by molar-refractivity contribution is 0.376. The van der Waals surface area contributed by atoms with E-state index in [9.17, 15) is 12.8 Å². The smallest absolute Gasteiger partial charge is 0.261 e. The first kappa shape index (κ1) is 12.7. The monoisotopic (exact) mass is 271 g/mol. The number of pyridine rings is 1. The summed E-state index contributed by atoms with van der Waals surface area (Å²) in [6.07, 6.45) is 1.20. The Bertz CT molecular complexity index is 654. The lowest BCUT2D eigenvalue weighted by Gasteiger charge is -2.04. The van der Waals surface area contributed by atoms with Crippen molar-refractivity contribution in [3.05, 3.63) is 41.7 Å². The van der Waals surface area contributed by atoms with Gasteiger partial charge in [-0.3, -0.25) is 0 Å². The Balaban J connectivity index is 2.16. The maximum atomic E-state index is 13.3. The second kappa shape index (κ2) is 4.83. The molecule has 96 valence electrons. The summed E-state index contributed by atoms with van der Waals surface area (Å²) < 4.78 is 43.8. The normalized spacial score (nSPS) is 11.7. The van der Waals surface area contributed by atoms with Crippen LogP contribution in [0.1, 0.15) is 11.5 Å². The van der Waals surface area contributed by atoms with Crippen LogP contribution in [0.3, 0.4) is 0 Å². The fourth-order valence-electron chi connectivity index (χ4n) is 1.30. The van der Waals surface area contributed by atoms with E-state index in [4.69, 9.17) is 4.52 Å². The molecule has 0 radical (unpaired) electrons. The number of nitrogens with one attached hydrogen (secondary N) is 1. The van der Waals surface area contributed by atoms with Crippen LogP contribution < -0.4 is 4.72 Å². The zero-order valence-electron chi connectivity index (χ0n) is 9.42. The van der Waals surface area contributed by atoms with E-state index in [1.807, 2.05) is 0 Å².